The van der Waals surface area contributed by atoms with Crippen molar-refractivity contribution in [2.75, 3.05) is 53.7 Å². The van der Waals surface area contributed by atoms with Crippen LogP contribution in [0.5, 0.6) is 5.75 Å². The highest BCUT2D eigenvalue weighted by Gasteiger charge is 2.22. The number of nitrogens with one attached hydrogen (secondary N) is 1. The summed E-state index contributed by atoms with van der Waals surface area (Å²) in [6.07, 6.45) is 3.31. The molecule has 0 atom stereocenters. The zero-order valence-corrected chi connectivity index (χ0v) is 19.2. The predicted molar refractivity (Wildman–Crippen MR) is 130 cm³/mol. The van der Waals surface area contributed by atoms with E-state index in [-0.39, 0.29) is 17.5 Å². The molecule has 1 fully saturated rings. The lowest BCUT2D eigenvalue weighted by atomic mass is 10.2. The highest BCUT2D eigenvalue weighted by Crippen LogP contribution is 2.29. The van der Waals surface area contributed by atoms with Crippen LogP contribution in [0.15, 0.2) is 66.0 Å². The molecule has 1 amide bonds. The van der Waals surface area contributed by atoms with Crippen LogP contribution in [0.4, 0.5) is 21.6 Å². The third-order valence-electron chi connectivity index (χ3n) is 5.22. The Balaban J connectivity index is 1.35. The number of halogens is 1. The number of ether oxygens (including phenoxy) is 1. The molecule has 0 aliphatic carbocycles. The molecular weight excluding hydrogens is 441 g/mol. The number of hydrogen-bond donors (Lipinski definition) is 1. The summed E-state index contributed by atoms with van der Waals surface area (Å²) >= 11 is 1.36. The van der Waals surface area contributed by atoms with Crippen molar-refractivity contribution < 1.29 is 13.9 Å². The quantitative estimate of drug-likeness (QED) is 0.501. The van der Waals surface area contributed by atoms with Crippen LogP contribution in [0.25, 0.3) is 0 Å². The first-order valence-corrected chi connectivity index (χ1v) is 11.8. The van der Waals surface area contributed by atoms with E-state index in [0.29, 0.717) is 18.0 Å². The number of thioether (sulfide) groups is 1. The highest BCUT2D eigenvalue weighted by atomic mass is 32.2. The lowest BCUT2D eigenvalue weighted by Crippen LogP contribution is -2.47. The lowest BCUT2D eigenvalue weighted by molar-refractivity contribution is -0.113. The molecule has 172 valence electrons. The lowest BCUT2D eigenvalue weighted by Gasteiger charge is -2.37. The first-order valence-electron chi connectivity index (χ1n) is 10.8. The molecule has 0 radical (unpaired) electrons. The molecule has 0 bridgehead atoms. The minimum absolute atomic E-state index is 0.134. The summed E-state index contributed by atoms with van der Waals surface area (Å²) in [6, 6.07) is 14.0. The molecule has 9 heteroatoms. The molecule has 0 unspecified atom stereocenters. The van der Waals surface area contributed by atoms with Gasteiger partial charge in [0.2, 0.25) is 5.91 Å². The van der Waals surface area contributed by atoms with Gasteiger partial charge in [0.1, 0.15) is 16.6 Å². The minimum atomic E-state index is -0.232. The van der Waals surface area contributed by atoms with Gasteiger partial charge in [0.15, 0.2) is 5.82 Å². The summed E-state index contributed by atoms with van der Waals surface area (Å²) in [6.45, 7) is 5.54. The van der Waals surface area contributed by atoms with Crippen molar-refractivity contribution in [3.05, 3.63) is 66.7 Å². The molecule has 1 aliphatic heterocycles. The van der Waals surface area contributed by atoms with Crippen LogP contribution in [-0.2, 0) is 4.79 Å². The summed E-state index contributed by atoms with van der Waals surface area (Å²) in [5, 5.41) is 3.64. The van der Waals surface area contributed by atoms with Gasteiger partial charge >= 0.3 is 0 Å². The molecule has 1 saturated heterocycles. The normalized spacial score (nSPS) is 13.6. The topological polar surface area (TPSA) is 70.6 Å². The number of carbonyl (C=O) groups excluding carboxylic acids is 1. The molecule has 1 N–H and O–H groups in total. The Kier molecular flexibility index (Phi) is 7.62. The van der Waals surface area contributed by atoms with Crippen LogP contribution in [0, 0.1) is 5.82 Å². The van der Waals surface area contributed by atoms with Crippen LogP contribution in [0.2, 0.25) is 0 Å². The van der Waals surface area contributed by atoms with E-state index in [0.717, 1.165) is 42.7 Å². The Morgan fingerprint density at radius 1 is 1.03 bits per heavy atom. The van der Waals surface area contributed by atoms with Crippen molar-refractivity contribution in [2.45, 2.75) is 11.9 Å². The highest BCUT2D eigenvalue weighted by molar-refractivity contribution is 8.00. The Hall–Kier alpha value is -3.33. The third kappa shape index (κ3) is 5.92. The first kappa shape index (κ1) is 22.8. The summed E-state index contributed by atoms with van der Waals surface area (Å²) in [4.78, 5) is 26.0. The molecule has 2 heterocycles. The van der Waals surface area contributed by atoms with E-state index in [1.807, 2.05) is 31.2 Å². The second kappa shape index (κ2) is 11.0. The molecule has 4 rings (SSSR count). The van der Waals surface area contributed by atoms with Gasteiger partial charge in [-0.05, 0) is 43.3 Å². The van der Waals surface area contributed by atoms with Crippen molar-refractivity contribution in [2.24, 2.45) is 0 Å². The SMILES string of the molecule is CCOc1ccccc1NC(=O)CSc1nccnc1N1CCN(c2ccc(F)cc2)CC1. The molecule has 0 spiro atoms. The predicted octanol–water partition coefficient (Wildman–Crippen LogP) is 4.07. The average Bonchev–Trinajstić information content (AvgIpc) is 2.85. The van der Waals surface area contributed by atoms with Crippen LogP contribution in [0.3, 0.4) is 0 Å². The Morgan fingerprint density at radius 3 is 2.48 bits per heavy atom. The van der Waals surface area contributed by atoms with Gasteiger partial charge in [-0.25, -0.2) is 14.4 Å². The molecule has 2 aromatic carbocycles. The maximum atomic E-state index is 13.2. The second-order valence-corrected chi connectivity index (χ2v) is 8.37. The third-order valence-corrected chi connectivity index (χ3v) is 6.19. The molecular formula is C24H26FN5O2S. The number of carbonyl (C=O) groups is 1. The van der Waals surface area contributed by atoms with Gasteiger partial charge in [-0.1, -0.05) is 23.9 Å². The first-order chi connectivity index (χ1) is 16.1. The number of amides is 1. The monoisotopic (exact) mass is 467 g/mol. The zero-order valence-electron chi connectivity index (χ0n) is 18.4. The standard InChI is InChI=1S/C24H26FN5O2S/c1-2-32-21-6-4-3-5-20(21)28-22(31)17-33-24-23(26-11-12-27-24)30-15-13-29(14-16-30)19-9-7-18(25)8-10-19/h3-12H,2,13-17H2,1H3,(H,28,31). The minimum Gasteiger partial charge on any atom is -0.492 e. The summed E-state index contributed by atoms with van der Waals surface area (Å²) in [5.74, 6) is 1.28. The number of hydrogen-bond acceptors (Lipinski definition) is 7. The molecule has 7 nitrogen and oxygen atoms in total. The molecule has 3 aromatic rings. The smallest absolute Gasteiger partial charge is 0.234 e. The van der Waals surface area contributed by atoms with E-state index in [1.54, 1.807) is 24.5 Å². The number of nitrogens with zero attached hydrogens (tertiary/aromatic N) is 4. The van der Waals surface area contributed by atoms with Crippen LogP contribution < -0.4 is 19.9 Å². The Bertz CT molecular complexity index is 1070. The van der Waals surface area contributed by atoms with Crippen molar-refractivity contribution in [1.82, 2.24) is 9.97 Å². The van der Waals surface area contributed by atoms with Gasteiger partial charge in [0.05, 0.1) is 18.0 Å². The maximum absolute atomic E-state index is 13.2. The van der Waals surface area contributed by atoms with Crippen molar-refractivity contribution in [1.29, 1.82) is 0 Å². The van der Waals surface area contributed by atoms with Gasteiger partial charge in [-0.15, -0.1) is 0 Å². The average molecular weight is 468 g/mol. The van der Waals surface area contributed by atoms with Crippen molar-refractivity contribution >= 4 is 34.9 Å². The van der Waals surface area contributed by atoms with Gasteiger partial charge in [-0.3, -0.25) is 4.79 Å². The number of rotatable bonds is 8. The fourth-order valence-electron chi connectivity index (χ4n) is 3.64. The Morgan fingerprint density at radius 2 is 1.73 bits per heavy atom. The van der Waals surface area contributed by atoms with Gasteiger partial charge in [0.25, 0.3) is 0 Å². The van der Waals surface area contributed by atoms with Crippen LogP contribution >= 0.6 is 11.8 Å². The van der Waals surface area contributed by atoms with E-state index in [1.165, 1.54) is 23.9 Å². The van der Waals surface area contributed by atoms with Crippen molar-refractivity contribution in [3.8, 4) is 5.75 Å². The molecule has 1 aliphatic rings. The fourth-order valence-corrected chi connectivity index (χ4v) is 4.42. The van der Waals surface area contributed by atoms with Crippen LogP contribution in [0.1, 0.15) is 6.92 Å². The van der Waals surface area contributed by atoms with E-state index < -0.39 is 0 Å². The summed E-state index contributed by atoms with van der Waals surface area (Å²) in [5.41, 5.74) is 1.66. The number of piperazine rings is 1. The number of para-hydroxylation sites is 2. The maximum Gasteiger partial charge on any atom is 0.234 e. The number of benzene rings is 2. The molecule has 1 aromatic heterocycles. The number of anilines is 3. The van der Waals surface area contributed by atoms with Gasteiger partial charge < -0.3 is 19.9 Å². The van der Waals surface area contributed by atoms with Gasteiger partial charge in [0, 0.05) is 44.3 Å². The van der Waals surface area contributed by atoms with E-state index in [9.17, 15) is 9.18 Å². The van der Waals surface area contributed by atoms with E-state index in [2.05, 4.69) is 25.1 Å². The number of aromatic nitrogens is 2. The fraction of sp³-hybridized carbons (Fsp3) is 0.292. The largest absolute Gasteiger partial charge is 0.492 e. The van der Waals surface area contributed by atoms with E-state index >= 15 is 0 Å². The van der Waals surface area contributed by atoms with Gasteiger partial charge in [-0.2, -0.15) is 0 Å². The molecule has 0 saturated carbocycles. The molecule has 33 heavy (non-hydrogen) atoms. The van der Waals surface area contributed by atoms with Crippen LogP contribution in [-0.4, -0.2) is 54.4 Å². The second-order valence-electron chi connectivity index (χ2n) is 7.40. The summed E-state index contributed by atoms with van der Waals surface area (Å²) < 4.78 is 18.8. The summed E-state index contributed by atoms with van der Waals surface area (Å²) in [7, 11) is 0. The van der Waals surface area contributed by atoms with Crippen molar-refractivity contribution in [3.63, 3.8) is 0 Å². The zero-order chi connectivity index (χ0) is 23.0. The Labute approximate surface area is 197 Å². The van der Waals surface area contributed by atoms with E-state index in [4.69, 9.17) is 4.74 Å².